The van der Waals surface area contributed by atoms with Gasteiger partial charge < -0.3 is 15.5 Å². The molecule has 1 atom stereocenters. The molecule has 1 unspecified atom stereocenters. The minimum absolute atomic E-state index is 0.0224. The smallest absolute Gasteiger partial charge is 0.337 e. The normalized spacial score (nSPS) is 14.3. The molecule has 15 heavy (non-hydrogen) atoms. The number of carboxylic acid groups (broad SMARTS) is 1. The van der Waals surface area contributed by atoms with Crippen LogP contribution in [-0.2, 0) is 4.79 Å². The van der Waals surface area contributed by atoms with Crippen LogP contribution in [0.2, 0.25) is 0 Å². The zero-order valence-corrected chi connectivity index (χ0v) is 8.82. The fraction of sp³-hybridized carbons (Fsp3) is 0.364. The van der Waals surface area contributed by atoms with Crippen LogP contribution in [0.5, 0.6) is 0 Å². The van der Waals surface area contributed by atoms with E-state index < -0.39 is 11.6 Å². The van der Waals surface area contributed by atoms with Gasteiger partial charge in [0.05, 0.1) is 6.54 Å². The number of carboxylic acids is 1. The molecule has 0 bridgehead atoms. The monoisotopic (exact) mass is 209 g/mol. The van der Waals surface area contributed by atoms with Crippen molar-refractivity contribution in [1.82, 2.24) is 0 Å². The van der Waals surface area contributed by atoms with Crippen LogP contribution in [0.1, 0.15) is 12.5 Å². The Bertz CT molecular complexity index is 343. The van der Waals surface area contributed by atoms with Crippen LogP contribution in [0.3, 0.4) is 0 Å². The van der Waals surface area contributed by atoms with E-state index in [0.717, 1.165) is 11.3 Å². The van der Waals surface area contributed by atoms with Crippen molar-refractivity contribution in [3.05, 3.63) is 29.8 Å². The topological polar surface area (TPSA) is 69.6 Å². The van der Waals surface area contributed by atoms with Crippen molar-refractivity contribution in [2.45, 2.75) is 19.4 Å². The Morgan fingerprint density at radius 1 is 1.40 bits per heavy atom. The third kappa shape index (κ3) is 3.25. The SMILES string of the molecule is Cc1ccc(NCC(C)(O)C(=O)O)cc1. The maximum absolute atomic E-state index is 10.6. The summed E-state index contributed by atoms with van der Waals surface area (Å²) in [5, 5.41) is 21.0. The van der Waals surface area contributed by atoms with Gasteiger partial charge in [-0.1, -0.05) is 17.7 Å². The molecule has 0 saturated heterocycles. The highest BCUT2D eigenvalue weighted by atomic mass is 16.4. The summed E-state index contributed by atoms with van der Waals surface area (Å²) in [6.45, 7) is 3.21. The number of aliphatic carboxylic acids is 1. The van der Waals surface area contributed by atoms with Crippen molar-refractivity contribution >= 4 is 11.7 Å². The van der Waals surface area contributed by atoms with Crippen molar-refractivity contribution in [1.29, 1.82) is 0 Å². The molecule has 0 aliphatic heterocycles. The van der Waals surface area contributed by atoms with Gasteiger partial charge in [0.2, 0.25) is 0 Å². The zero-order chi connectivity index (χ0) is 11.5. The lowest BCUT2D eigenvalue weighted by atomic mass is 10.1. The van der Waals surface area contributed by atoms with E-state index in [1.165, 1.54) is 6.92 Å². The number of aryl methyl sites for hydroxylation is 1. The Morgan fingerprint density at radius 3 is 2.40 bits per heavy atom. The molecule has 4 nitrogen and oxygen atoms in total. The fourth-order valence-electron chi connectivity index (χ4n) is 1.02. The molecule has 1 rings (SSSR count). The van der Waals surface area contributed by atoms with Crippen LogP contribution in [0.4, 0.5) is 5.69 Å². The second-order valence-corrected chi connectivity index (χ2v) is 3.80. The van der Waals surface area contributed by atoms with Crippen LogP contribution in [0.25, 0.3) is 0 Å². The van der Waals surface area contributed by atoms with Crippen molar-refractivity contribution in [3.63, 3.8) is 0 Å². The van der Waals surface area contributed by atoms with Gasteiger partial charge in [0.1, 0.15) is 0 Å². The molecule has 0 heterocycles. The average Bonchev–Trinajstić information content (AvgIpc) is 2.17. The van der Waals surface area contributed by atoms with Gasteiger partial charge in [-0.05, 0) is 26.0 Å². The molecule has 0 radical (unpaired) electrons. The first kappa shape index (κ1) is 11.5. The van der Waals surface area contributed by atoms with Crippen LogP contribution >= 0.6 is 0 Å². The molecular weight excluding hydrogens is 194 g/mol. The van der Waals surface area contributed by atoms with E-state index >= 15 is 0 Å². The molecule has 0 amide bonds. The van der Waals surface area contributed by atoms with Gasteiger partial charge in [-0.3, -0.25) is 0 Å². The highest BCUT2D eigenvalue weighted by Crippen LogP contribution is 2.11. The standard InChI is InChI=1S/C11H15NO3/c1-8-3-5-9(6-4-8)12-7-11(2,15)10(13)14/h3-6,12,15H,7H2,1-2H3,(H,13,14). The molecule has 0 aliphatic carbocycles. The van der Waals surface area contributed by atoms with Crippen LogP contribution in [-0.4, -0.2) is 28.3 Å². The summed E-state index contributed by atoms with van der Waals surface area (Å²) < 4.78 is 0. The number of hydrogen-bond donors (Lipinski definition) is 3. The summed E-state index contributed by atoms with van der Waals surface area (Å²) in [5.41, 5.74) is 0.179. The van der Waals surface area contributed by atoms with E-state index in [4.69, 9.17) is 5.11 Å². The zero-order valence-electron chi connectivity index (χ0n) is 8.82. The number of aliphatic hydroxyl groups is 1. The minimum atomic E-state index is -1.75. The summed E-state index contributed by atoms with van der Waals surface area (Å²) >= 11 is 0. The number of rotatable bonds is 4. The number of anilines is 1. The van der Waals surface area contributed by atoms with Gasteiger partial charge >= 0.3 is 5.97 Å². The first-order valence-corrected chi connectivity index (χ1v) is 4.68. The van der Waals surface area contributed by atoms with Crippen molar-refractivity contribution < 1.29 is 15.0 Å². The third-order valence-corrected chi connectivity index (χ3v) is 2.15. The molecule has 4 heteroatoms. The quantitative estimate of drug-likeness (QED) is 0.698. The lowest BCUT2D eigenvalue weighted by Gasteiger charge is -2.19. The lowest BCUT2D eigenvalue weighted by Crippen LogP contribution is -2.41. The van der Waals surface area contributed by atoms with E-state index in [1.54, 1.807) is 0 Å². The van der Waals surface area contributed by atoms with Crippen LogP contribution in [0, 0.1) is 6.92 Å². The fourth-order valence-corrected chi connectivity index (χ4v) is 1.02. The second kappa shape index (κ2) is 4.31. The predicted molar refractivity (Wildman–Crippen MR) is 57.9 cm³/mol. The molecule has 3 N–H and O–H groups in total. The average molecular weight is 209 g/mol. The van der Waals surface area contributed by atoms with Gasteiger partial charge in [-0.2, -0.15) is 0 Å². The summed E-state index contributed by atoms with van der Waals surface area (Å²) in [4.78, 5) is 10.6. The Labute approximate surface area is 88.6 Å². The number of benzene rings is 1. The molecule has 82 valence electrons. The largest absolute Gasteiger partial charge is 0.479 e. The van der Waals surface area contributed by atoms with E-state index in [1.807, 2.05) is 31.2 Å². The van der Waals surface area contributed by atoms with Crippen molar-refractivity contribution in [2.24, 2.45) is 0 Å². The van der Waals surface area contributed by atoms with Crippen molar-refractivity contribution in [3.8, 4) is 0 Å². The summed E-state index contributed by atoms with van der Waals surface area (Å²) in [7, 11) is 0. The Balaban J connectivity index is 2.57. The molecule has 1 aromatic carbocycles. The molecule has 0 spiro atoms. The van der Waals surface area contributed by atoms with Gasteiger partial charge in [-0.15, -0.1) is 0 Å². The van der Waals surface area contributed by atoms with Gasteiger partial charge in [0.25, 0.3) is 0 Å². The molecular formula is C11H15NO3. The third-order valence-electron chi connectivity index (χ3n) is 2.15. The molecule has 1 aromatic rings. The molecule has 0 aliphatic rings. The second-order valence-electron chi connectivity index (χ2n) is 3.80. The summed E-state index contributed by atoms with van der Waals surface area (Å²) in [5.74, 6) is -1.23. The first-order chi connectivity index (χ1) is 6.92. The maximum Gasteiger partial charge on any atom is 0.337 e. The Kier molecular flexibility index (Phi) is 3.31. The van der Waals surface area contributed by atoms with E-state index in [9.17, 15) is 9.90 Å². The highest BCUT2D eigenvalue weighted by molar-refractivity contribution is 5.77. The van der Waals surface area contributed by atoms with Gasteiger partial charge in [-0.25, -0.2) is 4.79 Å². The molecule has 0 aromatic heterocycles. The van der Waals surface area contributed by atoms with Crippen LogP contribution < -0.4 is 5.32 Å². The van der Waals surface area contributed by atoms with Crippen molar-refractivity contribution in [2.75, 3.05) is 11.9 Å². The maximum atomic E-state index is 10.6. The molecule has 0 fully saturated rings. The Hall–Kier alpha value is -1.55. The lowest BCUT2D eigenvalue weighted by molar-refractivity contribution is -0.155. The summed E-state index contributed by atoms with van der Waals surface area (Å²) in [6.07, 6.45) is 0. The van der Waals surface area contributed by atoms with Gasteiger partial charge in [0.15, 0.2) is 5.60 Å². The summed E-state index contributed by atoms with van der Waals surface area (Å²) in [6, 6.07) is 7.51. The number of nitrogens with one attached hydrogen (secondary N) is 1. The predicted octanol–water partition coefficient (Wildman–Crippen LogP) is 1.24. The van der Waals surface area contributed by atoms with Gasteiger partial charge in [0, 0.05) is 5.69 Å². The highest BCUT2D eigenvalue weighted by Gasteiger charge is 2.29. The van der Waals surface area contributed by atoms with E-state index in [-0.39, 0.29) is 6.54 Å². The Morgan fingerprint density at radius 2 is 1.93 bits per heavy atom. The number of hydrogen-bond acceptors (Lipinski definition) is 3. The van der Waals surface area contributed by atoms with Crippen LogP contribution in [0.15, 0.2) is 24.3 Å². The first-order valence-electron chi connectivity index (χ1n) is 4.68. The van der Waals surface area contributed by atoms with E-state index in [0.29, 0.717) is 0 Å². The minimum Gasteiger partial charge on any atom is -0.479 e. The number of carbonyl (C=O) groups is 1. The van der Waals surface area contributed by atoms with E-state index in [2.05, 4.69) is 5.32 Å². The molecule has 0 saturated carbocycles.